The zero-order valence-corrected chi connectivity index (χ0v) is 11.5. The first-order valence-corrected chi connectivity index (χ1v) is 5.90. The molecular weight excluding hydrogens is 289 g/mol. The van der Waals surface area contributed by atoms with Crippen LogP contribution in [0, 0.1) is 6.92 Å². The van der Waals surface area contributed by atoms with E-state index < -0.39 is 5.97 Å². The highest BCUT2D eigenvalue weighted by atomic mass is 35.5. The quantitative estimate of drug-likeness (QED) is 0.790. The smallest absolute Gasteiger partial charge is 0.337 e. The lowest BCUT2D eigenvalue weighted by molar-refractivity contribution is 0.0697. The van der Waals surface area contributed by atoms with Gasteiger partial charge in [0.1, 0.15) is 5.15 Å². The highest BCUT2D eigenvalue weighted by Crippen LogP contribution is 2.13. The highest BCUT2D eigenvalue weighted by Gasteiger charge is 2.04. The van der Waals surface area contributed by atoms with E-state index in [1.165, 1.54) is 6.07 Å². The summed E-state index contributed by atoms with van der Waals surface area (Å²) in [5.74, 6) is -0.773. The summed E-state index contributed by atoms with van der Waals surface area (Å²) in [6.45, 7) is 1.81. The Morgan fingerprint density at radius 1 is 1.26 bits per heavy atom. The Morgan fingerprint density at radius 3 is 2.32 bits per heavy atom. The van der Waals surface area contributed by atoms with Crippen LogP contribution in [-0.2, 0) is 0 Å². The van der Waals surface area contributed by atoms with E-state index in [1.54, 1.807) is 24.3 Å². The Bertz CT molecular complexity index is 540. The predicted molar refractivity (Wildman–Crippen MR) is 74.6 cm³/mol. The number of carboxylic acids is 1. The molecule has 2 aromatic rings. The number of aryl methyl sites for hydroxylation is 1. The van der Waals surface area contributed by atoms with E-state index in [-0.39, 0.29) is 16.5 Å². The molecule has 0 bridgehead atoms. The number of nitrogen functional groups attached to an aromatic ring is 1. The molecule has 0 saturated carbocycles. The van der Waals surface area contributed by atoms with Crippen LogP contribution < -0.4 is 5.73 Å². The van der Waals surface area contributed by atoms with Gasteiger partial charge < -0.3 is 10.8 Å². The van der Waals surface area contributed by atoms with E-state index >= 15 is 0 Å². The first-order valence-electron chi connectivity index (χ1n) is 5.14. The van der Waals surface area contributed by atoms with Gasteiger partial charge in [-0.1, -0.05) is 35.3 Å². The number of anilines is 1. The number of aromatic nitrogens is 2. The molecule has 1 aromatic carbocycles. The third-order valence-corrected chi connectivity index (χ3v) is 2.47. The van der Waals surface area contributed by atoms with Crippen molar-refractivity contribution in [1.82, 2.24) is 9.97 Å². The van der Waals surface area contributed by atoms with Crippen molar-refractivity contribution < 1.29 is 9.90 Å². The predicted octanol–water partition coefficient (Wildman–Crippen LogP) is 3.06. The van der Waals surface area contributed by atoms with Crippen LogP contribution in [0.2, 0.25) is 10.2 Å². The second-order valence-corrected chi connectivity index (χ2v) is 4.27. The van der Waals surface area contributed by atoms with Crippen molar-refractivity contribution in [2.24, 2.45) is 0 Å². The minimum atomic E-state index is -0.995. The molecule has 0 saturated heterocycles. The second kappa shape index (κ2) is 6.92. The molecule has 3 N–H and O–H groups in total. The maximum atomic E-state index is 10.3. The Kier molecular flexibility index (Phi) is 5.54. The van der Waals surface area contributed by atoms with Crippen LogP contribution in [0.15, 0.2) is 30.3 Å². The van der Waals surface area contributed by atoms with E-state index in [0.717, 1.165) is 5.69 Å². The number of carboxylic acid groups (broad SMARTS) is 1. The molecule has 5 nitrogen and oxygen atoms in total. The van der Waals surface area contributed by atoms with Crippen LogP contribution in [0.5, 0.6) is 0 Å². The molecule has 0 aliphatic carbocycles. The van der Waals surface area contributed by atoms with Crippen molar-refractivity contribution in [1.29, 1.82) is 0 Å². The molecule has 0 fully saturated rings. The molecule has 2 rings (SSSR count). The number of benzene rings is 1. The summed E-state index contributed by atoms with van der Waals surface area (Å²) in [6, 6.07) is 7.98. The average Bonchev–Trinajstić information content (AvgIpc) is 2.27. The lowest BCUT2D eigenvalue weighted by Gasteiger charge is -1.94. The fraction of sp³-hybridized carbons (Fsp3) is 0.0833. The Labute approximate surface area is 120 Å². The van der Waals surface area contributed by atoms with E-state index in [4.69, 9.17) is 34.0 Å². The number of halogens is 2. The topological polar surface area (TPSA) is 89.1 Å². The molecule has 0 unspecified atom stereocenters. The molecule has 0 amide bonds. The molecule has 1 heterocycles. The molecule has 100 valence electrons. The number of aromatic carboxylic acids is 1. The van der Waals surface area contributed by atoms with Crippen LogP contribution >= 0.6 is 23.2 Å². The molecule has 19 heavy (non-hydrogen) atoms. The minimum Gasteiger partial charge on any atom is -0.478 e. The van der Waals surface area contributed by atoms with Gasteiger partial charge in [-0.15, -0.1) is 0 Å². The largest absolute Gasteiger partial charge is 0.478 e. The van der Waals surface area contributed by atoms with E-state index in [9.17, 15) is 4.79 Å². The summed E-state index contributed by atoms with van der Waals surface area (Å²) in [5, 5.41) is 9.14. The zero-order chi connectivity index (χ0) is 14.4. The number of nitrogens with two attached hydrogens (primary N) is 1. The summed E-state index contributed by atoms with van der Waals surface area (Å²) in [6.07, 6.45) is 0. The van der Waals surface area contributed by atoms with Crippen LogP contribution in [0.25, 0.3) is 0 Å². The Morgan fingerprint density at radius 2 is 1.89 bits per heavy atom. The standard InChI is InChI=1S/C7H5ClO2.C5H6ClN3/c8-6-4-2-1-3-5(6)7(9)10;1-3-2-4(6)9-5(7)8-3/h1-4H,(H,9,10);2H,1H3,(H2,7,8,9). The average molecular weight is 300 g/mol. The molecule has 0 aliphatic heterocycles. The Hall–Kier alpha value is -1.85. The van der Waals surface area contributed by atoms with Gasteiger partial charge in [-0.2, -0.15) is 0 Å². The van der Waals surface area contributed by atoms with Crippen LogP contribution in [0.1, 0.15) is 16.1 Å². The Balaban J connectivity index is 0.000000191. The van der Waals surface area contributed by atoms with Gasteiger partial charge in [0.25, 0.3) is 0 Å². The molecule has 7 heteroatoms. The van der Waals surface area contributed by atoms with Crippen molar-refractivity contribution in [2.75, 3.05) is 5.73 Å². The molecular formula is C12H11Cl2N3O2. The summed E-state index contributed by atoms with van der Waals surface area (Å²) in [7, 11) is 0. The first kappa shape index (κ1) is 15.2. The van der Waals surface area contributed by atoms with E-state index in [1.807, 2.05) is 6.92 Å². The van der Waals surface area contributed by atoms with Crippen LogP contribution in [0.3, 0.4) is 0 Å². The molecule has 0 spiro atoms. The number of carbonyl (C=O) groups is 1. The van der Waals surface area contributed by atoms with Crippen molar-refractivity contribution in [3.8, 4) is 0 Å². The zero-order valence-electron chi connectivity index (χ0n) is 9.97. The third-order valence-electron chi connectivity index (χ3n) is 1.94. The van der Waals surface area contributed by atoms with Crippen LogP contribution in [-0.4, -0.2) is 21.0 Å². The summed E-state index contributed by atoms with van der Waals surface area (Å²) < 4.78 is 0. The number of hydrogen-bond donors (Lipinski definition) is 2. The van der Waals surface area contributed by atoms with Gasteiger partial charge in [0.2, 0.25) is 5.95 Å². The molecule has 0 radical (unpaired) electrons. The van der Waals surface area contributed by atoms with E-state index in [2.05, 4.69) is 9.97 Å². The van der Waals surface area contributed by atoms with E-state index in [0.29, 0.717) is 5.15 Å². The van der Waals surface area contributed by atoms with Crippen molar-refractivity contribution >= 4 is 35.1 Å². The van der Waals surface area contributed by atoms with Gasteiger partial charge in [0.05, 0.1) is 10.6 Å². The van der Waals surface area contributed by atoms with Crippen molar-refractivity contribution in [2.45, 2.75) is 6.92 Å². The molecule has 1 aromatic heterocycles. The van der Waals surface area contributed by atoms with Gasteiger partial charge in [-0.05, 0) is 25.1 Å². The summed E-state index contributed by atoms with van der Waals surface area (Å²) in [5.41, 5.74) is 6.18. The lowest BCUT2D eigenvalue weighted by atomic mass is 10.2. The normalized spacial score (nSPS) is 9.42. The summed E-state index contributed by atoms with van der Waals surface area (Å²) in [4.78, 5) is 17.8. The van der Waals surface area contributed by atoms with Crippen LogP contribution in [0.4, 0.5) is 5.95 Å². The van der Waals surface area contributed by atoms with Crippen molar-refractivity contribution in [3.63, 3.8) is 0 Å². The van der Waals surface area contributed by atoms with Gasteiger partial charge in [-0.3, -0.25) is 0 Å². The van der Waals surface area contributed by atoms with Gasteiger partial charge >= 0.3 is 5.97 Å². The van der Waals surface area contributed by atoms with Crippen molar-refractivity contribution in [3.05, 3.63) is 51.8 Å². The van der Waals surface area contributed by atoms with Gasteiger partial charge in [0, 0.05) is 5.69 Å². The third kappa shape index (κ3) is 5.11. The SMILES string of the molecule is Cc1cc(Cl)nc(N)n1.O=C(O)c1ccccc1Cl. The molecule has 0 atom stereocenters. The fourth-order valence-electron chi connectivity index (χ4n) is 1.19. The highest BCUT2D eigenvalue weighted by molar-refractivity contribution is 6.33. The molecule has 0 aliphatic rings. The lowest BCUT2D eigenvalue weighted by Crippen LogP contribution is -1.95. The summed E-state index contributed by atoms with van der Waals surface area (Å²) >= 11 is 11.1. The maximum Gasteiger partial charge on any atom is 0.337 e. The minimum absolute atomic E-state index is 0.143. The first-order chi connectivity index (χ1) is 8.90. The number of nitrogens with zero attached hydrogens (tertiary/aromatic N) is 2. The second-order valence-electron chi connectivity index (χ2n) is 3.48. The fourth-order valence-corrected chi connectivity index (χ4v) is 1.65. The number of rotatable bonds is 1. The van der Waals surface area contributed by atoms with Gasteiger partial charge in [0.15, 0.2) is 0 Å². The monoisotopic (exact) mass is 299 g/mol. The number of hydrogen-bond acceptors (Lipinski definition) is 4. The maximum absolute atomic E-state index is 10.3. The van der Waals surface area contributed by atoms with Gasteiger partial charge in [-0.25, -0.2) is 14.8 Å².